The van der Waals surface area contributed by atoms with Crippen molar-refractivity contribution in [2.24, 2.45) is 5.73 Å². The Balaban J connectivity index is 2.02. The fraction of sp³-hybridized carbons (Fsp3) is 0.444. The van der Waals surface area contributed by atoms with Gasteiger partial charge in [-0.1, -0.05) is 0 Å². The summed E-state index contributed by atoms with van der Waals surface area (Å²) < 4.78 is 25.6. The number of piperidine rings is 1. The van der Waals surface area contributed by atoms with Crippen LogP contribution in [0.1, 0.15) is 30.6 Å². The minimum Gasteiger partial charge on any atom is -0.490 e. The van der Waals surface area contributed by atoms with Crippen LogP contribution in [0.3, 0.4) is 0 Å². The number of alkyl halides is 1. The molecule has 2 heterocycles. The molecule has 0 unspecified atom stereocenters. The van der Waals surface area contributed by atoms with Gasteiger partial charge in [-0.25, -0.2) is 9.37 Å². The van der Waals surface area contributed by atoms with E-state index < -0.39 is 18.2 Å². The molecule has 1 amide bonds. The number of primary amides is 1. The van der Waals surface area contributed by atoms with Crippen molar-refractivity contribution >= 4 is 16.7 Å². The van der Waals surface area contributed by atoms with E-state index >= 15 is 0 Å². The number of fused-ring (bicyclic) bond motifs is 1. The second-order valence-corrected chi connectivity index (χ2v) is 6.38. The predicted molar refractivity (Wildman–Crippen MR) is 92.8 cm³/mol. The van der Waals surface area contributed by atoms with E-state index in [-0.39, 0.29) is 12.6 Å². The summed E-state index contributed by atoms with van der Waals surface area (Å²) in [5.74, 6) is 0.130. The molecule has 0 aliphatic carbocycles. The molecule has 25 heavy (non-hydrogen) atoms. The van der Waals surface area contributed by atoms with Gasteiger partial charge >= 0.3 is 0 Å². The quantitative estimate of drug-likeness (QED) is 0.866. The molecule has 3 N–H and O–H groups in total. The Bertz CT molecular complexity index is 781. The average molecular weight is 347 g/mol. The minimum atomic E-state index is -1.10. The average Bonchev–Trinajstić information content (AvgIpc) is 2.56. The molecule has 1 aromatic heterocycles. The molecule has 0 bridgehead atoms. The van der Waals surface area contributed by atoms with Crippen molar-refractivity contribution < 1.29 is 18.7 Å². The van der Waals surface area contributed by atoms with Crippen molar-refractivity contribution in [3.63, 3.8) is 0 Å². The Kier molecular flexibility index (Phi) is 5.03. The molecule has 6 nitrogen and oxygen atoms in total. The maximum Gasteiger partial charge on any atom is 0.252 e. The number of aromatic nitrogens is 1. The Morgan fingerprint density at radius 3 is 2.92 bits per heavy atom. The Hall–Kier alpha value is -2.41. The Labute approximate surface area is 145 Å². The van der Waals surface area contributed by atoms with Crippen LogP contribution in [0, 0.1) is 0 Å². The molecule has 0 saturated carbocycles. The zero-order chi connectivity index (χ0) is 18.0. The summed E-state index contributed by atoms with van der Waals surface area (Å²) >= 11 is 0. The number of nitrogens with two attached hydrogens (primary N) is 1. The van der Waals surface area contributed by atoms with Gasteiger partial charge in [-0.2, -0.15) is 0 Å². The lowest BCUT2D eigenvalue weighted by molar-refractivity contribution is 0.0707. The Morgan fingerprint density at radius 1 is 1.44 bits per heavy atom. The first-order valence-electron chi connectivity index (χ1n) is 8.36. The molecule has 3 rings (SSSR count). The van der Waals surface area contributed by atoms with Crippen molar-refractivity contribution in [2.75, 3.05) is 13.1 Å². The van der Waals surface area contributed by atoms with E-state index in [4.69, 9.17) is 15.2 Å². The van der Waals surface area contributed by atoms with Crippen LogP contribution in [0.2, 0.25) is 0 Å². The van der Waals surface area contributed by atoms with E-state index in [1.807, 2.05) is 13.8 Å². The fourth-order valence-corrected chi connectivity index (χ4v) is 2.89. The van der Waals surface area contributed by atoms with Gasteiger partial charge in [0, 0.05) is 18.1 Å². The third-order valence-electron chi connectivity index (χ3n) is 4.07. The summed E-state index contributed by atoms with van der Waals surface area (Å²) in [7, 11) is 0. The summed E-state index contributed by atoms with van der Waals surface area (Å²) in [4.78, 5) is 16.0. The highest BCUT2D eigenvalue weighted by Gasteiger charge is 2.27. The SMILES string of the molecule is CC(C)Oc1cc2c(O[C@@H]3CCNC[C@H]3F)nccc2cc1C(N)=O. The summed E-state index contributed by atoms with van der Waals surface area (Å²) in [6.07, 6.45) is 0.358. The van der Waals surface area contributed by atoms with E-state index in [0.717, 1.165) is 5.39 Å². The number of nitrogens with one attached hydrogen (secondary N) is 1. The zero-order valence-corrected chi connectivity index (χ0v) is 14.3. The molecule has 134 valence electrons. The standard InChI is InChI=1S/C18H22FN3O3/c1-10(2)24-16-8-12-11(7-13(16)17(20)23)3-6-22-18(12)25-15-4-5-21-9-14(15)19/h3,6-8,10,14-15,21H,4-5,9H2,1-2H3,(H2,20,23)/t14-,15-/m1/s1. The lowest BCUT2D eigenvalue weighted by atomic mass is 10.1. The number of amides is 1. The maximum absolute atomic E-state index is 14.1. The molecular weight excluding hydrogens is 325 g/mol. The smallest absolute Gasteiger partial charge is 0.252 e. The number of ether oxygens (including phenoxy) is 2. The molecule has 1 fully saturated rings. The van der Waals surface area contributed by atoms with Crippen molar-refractivity contribution in [2.45, 2.75) is 38.6 Å². The van der Waals surface area contributed by atoms with E-state index in [0.29, 0.717) is 35.5 Å². The summed E-state index contributed by atoms with van der Waals surface area (Å²) in [5, 5.41) is 4.39. The second kappa shape index (κ2) is 7.23. The maximum atomic E-state index is 14.1. The van der Waals surface area contributed by atoms with Gasteiger partial charge in [0.1, 0.15) is 18.0 Å². The van der Waals surface area contributed by atoms with Crippen molar-refractivity contribution in [1.82, 2.24) is 10.3 Å². The molecular formula is C18H22FN3O3. The summed E-state index contributed by atoms with van der Waals surface area (Å²) in [6.45, 7) is 4.68. The highest BCUT2D eigenvalue weighted by Crippen LogP contribution is 2.32. The first-order valence-corrected chi connectivity index (χ1v) is 8.36. The first kappa shape index (κ1) is 17.4. The number of carbonyl (C=O) groups excluding carboxylic acids is 1. The fourth-order valence-electron chi connectivity index (χ4n) is 2.89. The first-order chi connectivity index (χ1) is 12.0. The van der Waals surface area contributed by atoms with E-state index in [1.165, 1.54) is 0 Å². The van der Waals surface area contributed by atoms with Gasteiger partial charge in [0.2, 0.25) is 5.88 Å². The van der Waals surface area contributed by atoms with Gasteiger partial charge in [-0.3, -0.25) is 4.79 Å². The largest absolute Gasteiger partial charge is 0.490 e. The van der Waals surface area contributed by atoms with Gasteiger partial charge in [-0.05, 0) is 50.4 Å². The van der Waals surface area contributed by atoms with Crippen LogP contribution >= 0.6 is 0 Å². The highest BCUT2D eigenvalue weighted by molar-refractivity contribution is 6.01. The Morgan fingerprint density at radius 2 is 2.24 bits per heavy atom. The number of nitrogens with zero attached hydrogens (tertiary/aromatic N) is 1. The van der Waals surface area contributed by atoms with Crippen LogP contribution in [-0.2, 0) is 0 Å². The van der Waals surface area contributed by atoms with Gasteiger partial charge in [-0.15, -0.1) is 0 Å². The van der Waals surface area contributed by atoms with Gasteiger partial charge in [0.15, 0.2) is 0 Å². The molecule has 2 atom stereocenters. The molecule has 1 aliphatic rings. The summed E-state index contributed by atoms with van der Waals surface area (Å²) in [6, 6.07) is 5.09. The number of rotatable bonds is 5. The van der Waals surface area contributed by atoms with E-state index in [9.17, 15) is 9.18 Å². The predicted octanol–water partition coefficient (Wildman–Crippen LogP) is 2.20. The molecule has 7 heteroatoms. The molecule has 0 spiro atoms. The normalized spacial score (nSPS) is 20.6. The third-order valence-corrected chi connectivity index (χ3v) is 4.07. The van der Waals surface area contributed by atoms with Gasteiger partial charge in [0.05, 0.1) is 11.7 Å². The molecule has 1 aliphatic heterocycles. The van der Waals surface area contributed by atoms with Crippen LogP contribution in [0.15, 0.2) is 24.4 Å². The van der Waals surface area contributed by atoms with Crippen LogP contribution in [0.5, 0.6) is 11.6 Å². The lowest BCUT2D eigenvalue weighted by Gasteiger charge is -2.27. The van der Waals surface area contributed by atoms with Crippen LogP contribution in [-0.4, -0.2) is 42.4 Å². The van der Waals surface area contributed by atoms with Gasteiger partial charge < -0.3 is 20.5 Å². The second-order valence-electron chi connectivity index (χ2n) is 6.38. The number of pyridine rings is 1. The molecule has 1 saturated heterocycles. The third kappa shape index (κ3) is 3.82. The van der Waals surface area contributed by atoms with Gasteiger partial charge in [0.25, 0.3) is 5.91 Å². The summed E-state index contributed by atoms with van der Waals surface area (Å²) in [5.41, 5.74) is 5.76. The van der Waals surface area contributed by atoms with E-state index in [2.05, 4.69) is 10.3 Å². The van der Waals surface area contributed by atoms with Crippen molar-refractivity contribution in [3.8, 4) is 11.6 Å². The van der Waals surface area contributed by atoms with Crippen molar-refractivity contribution in [1.29, 1.82) is 0 Å². The highest BCUT2D eigenvalue weighted by atomic mass is 19.1. The number of halogens is 1. The van der Waals surface area contributed by atoms with Crippen LogP contribution in [0.25, 0.3) is 10.8 Å². The lowest BCUT2D eigenvalue weighted by Crippen LogP contribution is -2.44. The van der Waals surface area contributed by atoms with Crippen molar-refractivity contribution in [3.05, 3.63) is 30.0 Å². The number of hydrogen-bond donors (Lipinski definition) is 2. The number of carbonyl (C=O) groups is 1. The number of benzene rings is 1. The topological polar surface area (TPSA) is 86.5 Å². The molecule has 0 radical (unpaired) electrons. The number of hydrogen-bond acceptors (Lipinski definition) is 5. The van der Waals surface area contributed by atoms with Crippen LogP contribution < -0.4 is 20.5 Å². The monoisotopic (exact) mass is 347 g/mol. The zero-order valence-electron chi connectivity index (χ0n) is 14.3. The van der Waals surface area contributed by atoms with E-state index in [1.54, 1.807) is 24.4 Å². The molecule has 1 aromatic carbocycles. The van der Waals surface area contributed by atoms with Crippen LogP contribution in [0.4, 0.5) is 4.39 Å². The minimum absolute atomic E-state index is 0.128. The molecule has 2 aromatic rings.